The lowest BCUT2D eigenvalue weighted by atomic mass is 10.1. The number of nitrogens with zero attached hydrogens (tertiary/aromatic N) is 1. The van der Waals surface area contributed by atoms with Crippen LogP contribution < -0.4 is 10.2 Å². The van der Waals surface area contributed by atoms with Gasteiger partial charge in [0, 0.05) is 13.0 Å². The number of amides is 2. The van der Waals surface area contributed by atoms with E-state index in [9.17, 15) is 22.8 Å². The molecule has 0 unspecified atom stereocenters. The maximum Gasteiger partial charge on any atom is 0.229 e. The van der Waals surface area contributed by atoms with E-state index in [4.69, 9.17) is 11.6 Å². The van der Waals surface area contributed by atoms with Crippen LogP contribution in [-0.4, -0.2) is 18.4 Å². The van der Waals surface area contributed by atoms with E-state index in [1.165, 1.54) is 4.90 Å². The molecule has 3 rings (SSSR count). The summed E-state index contributed by atoms with van der Waals surface area (Å²) in [7, 11) is 0. The van der Waals surface area contributed by atoms with Crippen LogP contribution in [-0.2, 0) is 9.59 Å². The lowest BCUT2D eigenvalue weighted by Gasteiger charge is -2.18. The zero-order valence-electron chi connectivity index (χ0n) is 12.7. The molecule has 1 aliphatic rings. The molecule has 0 aliphatic carbocycles. The van der Waals surface area contributed by atoms with Gasteiger partial charge in [0.1, 0.15) is 0 Å². The number of anilines is 2. The fraction of sp³-hybridized carbons (Fsp3) is 0.176. The minimum atomic E-state index is -1.67. The molecule has 1 atom stereocenters. The zero-order chi connectivity index (χ0) is 18.1. The van der Waals surface area contributed by atoms with Gasteiger partial charge in [-0.05, 0) is 24.3 Å². The molecule has 0 bridgehead atoms. The van der Waals surface area contributed by atoms with Crippen molar-refractivity contribution in [1.82, 2.24) is 0 Å². The summed E-state index contributed by atoms with van der Waals surface area (Å²) in [6.45, 7) is 0.0553. The van der Waals surface area contributed by atoms with Crippen LogP contribution in [0.4, 0.5) is 24.5 Å². The summed E-state index contributed by atoms with van der Waals surface area (Å²) in [6, 6.07) is 8.32. The summed E-state index contributed by atoms with van der Waals surface area (Å²) in [5.74, 6) is -6.24. The van der Waals surface area contributed by atoms with Crippen molar-refractivity contribution in [2.45, 2.75) is 6.42 Å². The van der Waals surface area contributed by atoms with E-state index >= 15 is 0 Å². The summed E-state index contributed by atoms with van der Waals surface area (Å²) < 4.78 is 39.8. The second-order valence-electron chi connectivity index (χ2n) is 5.57. The Morgan fingerprint density at radius 2 is 1.84 bits per heavy atom. The summed E-state index contributed by atoms with van der Waals surface area (Å²) in [5, 5.41) is 2.56. The Labute approximate surface area is 146 Å². The van der Waals surface area contributed by atoms with E-state index in [1.807, 2.05) is 0 Å². The second kappa shape index (κ2) is 6.76. The first kappa shape index (κ1) is 17.3. The Hall–Kier alpha value is -2.54. The molecule has 1 N–H and O–H groups in total. The molecule has 4 nitrogen and oxygen atoms in total. The predicted molar refractivity (Wildman–Crippen MR) is 86.9 cm³/mol. The van der Waals surface area contributed by atoms with Crippen molar-refractivity contribution in [2.24, 2.45) is 5.92 Å². The average Bonchev–Trinajstić information content (AvgIpc) is 2.97. The normalized spacial score (nSPS) is 17.0. The number of benzene rings is 2. The van der Waals surface area contributed by atoms with Crippen LogP contribution >= 0.6 is 11.6 Å². The molecular weight excluding hydrogens is 357 g/mol. The van der Waals surface area contributed by atoms with E-state index in [-0.39, 0.29) is 18.9 Å². The molecule has 0 spiro atoms. The topological polar surface area (TPSA) is 49.4 Å². The van der Waals surface area contributed by atoms with E-state index < -0.39 is 35.0 Å². The quantitative estimate of drug-likeness (QED) is 0.839. The van der Waals surface area contributed by atoms with Crippen molar-refractivity contribution >= 4 is 34.8 Å². The lowest BCUT2D eigenvalue weighted by molar-refractivity contribution is -0.122. The molecule has 2 amide bonds. The highest BCUT2D eigenvalue weighted by molar-refractivity contribution is 6.33. The van der Waals surface area contributed by atoms with Gasteiger partial charge in [0.2, 0.25) is 11.8 Å². The van der Waals surface area contributed by atoms with Crippen LogP contribution in [0.2, 0.25) is 5.02 Å². The van der Waals surface area contributed by atoms with Crippen molar-refractivity contribution in [1.29, 1.82) is 0 Å². The smallest absolute Gasteiger partial charge is 0.229 e. The highest BCUT2D eigenvalue weighted by atomic mass is 35.5. The molecule has 1 fully saturated rings. The van der Waals surface area contributed by atoms with Crippen molar-refractivity contribution in [3.8, 4) is 0 Å². The molecule has 2 aromatic carbocycles. The Morgan fingerprint density at radius 3 is 2.56 bits per heavy atom. The molecule has 8 heteroatoms. The summed E-state index contributed by atoms with van der Waals surface area (Å²) in [4.78, 5) is 25.8. The largest absolute Gasteiger partial charge is 0.323 e. The molecule has 1 saturated heterocycles. The van der Waals surface area contributed by atoms with E-state index in [0.29, 0.717) is 16.8 Å². The zero-order valence-corrected chi connectivity index (χ0v) is 13.5. The lowest BCUT2D eigenvalue weighted by Crippen LogP contribution is -2.28. The summed E-state index contributed by atoms with van der Waals surface area (Å²) in [5.41, 5.74) is -0.00369. The van der Waals surface area contributed by atoms with Crippen LogP contribution in [0, 0.1) is 23.4 Å². The van der Waals surface area contributed by atoms with Gasteiger partial charge in [-0.25, -0.2) is 13.2 Å². The second-order valence-corrected chi connectivity index (χ2v) is 5.98. The summed E-state index contributed by atoms with van der Waals surface area (Å²) >= 11 is 6.06. The van der Waals surface area contributed by atoms with Gasteiger partial charge in [0.05, 0.1) is 22.3 Å². The van der Waals surface area contributed by atoms with Crippen molar-refractivity contribution < 1.29 is 22.8 Å². The number of carbonyl (C=O) groups excluding carboxylic acids is 2. The van der Waals surface area contributed by atoms with Crippen molar-refractivity contribution in [3.63, 3.8) is 0 Å². The van der Waals surface area contributed by atoms with E-state index in [2.05, 4.69) is 5.32 Å². The van der Waals surface area contributed by atoms with Gasteiger partial charge in [-0.1, -0.05) is 23.7 Å². The van der Waals surface area contributed by atoms with Crippen LogP contribution in [0.25, 0.3) is 0 Å². The van der Waals surface area contributed by atoms with Crippen LogP contribution in [0.1, 0.15) is 6.42 Å². The molecule has 25 heavy (non-hydrogen) atoms. The Bertz CT molecular complexity index is 860. The van der Waals surface area contributed by atoms with Gasteiger partial charge in [0.25, 0.3) is 0 Å². The van der Waals surface area contributed by atoms with Crippen LogP contribution in [0.3, 0.4) is 0 Å². The molecule has 2 aromatic rings. The molecule has 0 radical (unpaired) electrons. The van der Waals surface area contributed by atoms with E-state index in [0.717, 1.165) is 6.07 Å². The maximum absolute atomic E-state index is 13.7. The highest BCUT2D eigenvalue weighted by Gasteiger charge is 2.36. The van der Waals surface area contributed by atoms with Crippen molar-refractivity contribution in [3.05, 3.63) is 58.9 Å². The molecule has 0 saturated carbocycles. The monoisotopic (exact) mass is 368 g/mol. The number of halogens is 4. The number of carbonyl (C=O) groups is 2. The third-order valence-electron chi connectivity index (χ3n) is 3.93. The van der Waals surface area contributed by atoms with Crippen molar-refractivity contribution in [2.75, 3.05) is 16.8 Å². The molecular formula is C17H12ClF3N2O2. The molecule has 130 valence electrons. The fourth-order valence-electron chi connectivity index (χ4n) is 2.64. The van der Waals surface area contributed by atoms with Gasteiger partial charge in [0.15, 0.2) is 17.5 Å². The van der Waals surface area contributed by atoms with Crippen LogP contribution in [0.5, 0.6) is 0 Å². The van der Waals surface area contributed by atoms with Gasteiger partial charge >= 0.3 is 0 Å². The number of rotatable bonds is 3. The number of hydrogen-bond acceptors (Lipinski definition) is 2. The molecule has 1 heterocycles. The third kappa shape index (κ3) is 3.32. The van der Waals surface area contributed by atoms with Gasteiger partial charge in [-0.15, -0.1) is 0 Å². The Morgan fingerprint density at radius 1 is 1.12 bits per heavy atom. The SMILES string of the molecule is O=C(Nc1ccc(F)c(F)c1F)[C@H]1CC(=O)N(c2ccccc2Cl)C1. The number of hydrogen-bond donors (Lipinski definition) is 1. The average molecular weight is 369 g/mol. The van der Waals surface area contributed by atoms with Crippen LogP contribution in [0.15, 0.2) is 36.4 Å². The van der Waals surface area contributed by atoms with Gasteiger partial charge in [-0.3, -0.25) is 9.59 Å². The summed E-state index contributed by atoms with van der Waals surface area (Å²) in [6.07, 6.45) is -0.0949. The Kier molecular flexibility index (Phi) is 4.67. The highest BCUT2D eigenvalue weighted by Crippen LogP contribution is 2.31. The minimum absolute atomic E-state index is 0.0553. The predicted octanol–water partition coefficient (Wildman–Crippen LogP) is 3.75. The Balaban J connectivity index is 1.76. The van der Waals surface area contributed by atoms with Gasteiger partial charge in [-0.2, -0.15) is 0 Å². The first-order chi connectivity index (χ1) is 11.9. The molecule has 0 aromatic heterocycles. The fourth-order valence-corrected chi connectivity index (χ4v) is 2.88. The maximum atomic E-state index is 13.7. The van der Waals surface area contributed by atoms with Gasteiger partial charge < -0.3 is 10.2 Å². The standard InChI is InChI=1S/C17H12ClF3N2O2/c18-10-3-1-2-4-13(10)23-8-9(7-14(23)24)17(25)22-12-6-5-11(19)15(20)16(12)21/h1-6,9H,7-8H2,(H,22,25)/t9-/m0/s1. The first-order valence-electron chi connectivity index (χ1n) is 7.37. The van der Waals surface area contributed by atoms with E-state index in [1.54, 1.807) is 24.3 Å². The first-order valence-corrected chi connectivity index (χ1v) is 7.75. The number of para-hydroxylation sites is 1. The number of nitrogens with one attached hydrogen (secondary N) is 1. The molecule has 1 aliphatic heterocycles. The third-order valence-corrected chi connectivity index (χ3v) is 4.25. The minimum Gasteiger partial charge on any atom is -0.323 e.